The zero-order valence-electron chi connectivity index (χ0n) is 10.3. The van der Waals surface area contributed by atoms with Gasteiger partial charge in [-0.05, 0) is 31.7 Å². The van der Waals surface area contributed by atoms with Crippen LogP contribution in [0.1, 0.15) is 51.6 Å². The molecule has 1 aromatic rings. The van der Waals surface area contributed by atoms with Gasteiger partial charge >= 0.3 is 0 Å². The van der Waals surface area contributed by atoms with Gasteiger partial charge in [-0.15, -0.1) is 0 Å². The Morgan fingerprint density at radius 2 is 2.31 bits per heavy atom. The third-order valence-electron chi connectivity index (χ3n) is 3.61. The molecule has 16 heavy (non-hydrogen) atoms. The van der Waals surface area contributed by atoms with Crippen molar-refractivity contribution in [2.75, 3.05) is 0 Å². The van der Waals surface area contributed by atoms with Gasteiger partial charge in [0.05, 0.1) is 5.69 Å². The topological polar surface area (TPSA) is 38.0 Å². The summed E-state index contributed by atoms with van der Waals surface area (Å²) in [6.07, 6.45) is 7.60. The highest BCUT2D eigenvalue weighted by Gasteiger charge is 2.32. The van der Waals surface area contributed by atoms with Crippen LogP contribution in [0.15, 0.2) is 12.3 Å². The average Bonchev–Trinajstić information content (AvgIpc) is 2.61. The van der Waals surface area contributed by atoms with Gasteiger partial charge in [0.1, 0.15) is 5.60 Å². The van der Waals surface area contributed by atoms with Crippen LogP contribution in [-0.4, -0.2) is 14.9 Å². The summed E-state index contributed by atoms with van der Waals surface area (Å²) in [6, 6.07) is 1.95. The van der Waals surface area contributed by atoms with Gasteiger partial charge in [-0.2, -0.15) is 5.10 Å². The maximum Gasteiger partial charge on any atom is 0.104 e. The van der Waals surface area contributed by atoms with Crippen LogP contribution in [-0.2, 0) is 12.1 Å². The summed E-state index contributed by atoms with van der Waals surface area (Å²) < 4.78 is 1.94. The van der Waals surface area contributed by atoms with E-state index in [0.717, 1.165) is 25.1 Å². The van der Waals surface area contributed by atoms with Crippen molar-refractivity contribution < 1.29 is 5.11 Å². The lowest BCUT2D eigenvalue weighted by molar-refractivity contribution is 0.00814. The molecule has 2 rings (SSSR count). The monoisotopic (exact) mass is 222 g/mol. The Morgan fingerprint density at radius 1 is 1.56 bits per heavy atom. The molecule has 3 heteroatoms. The molecule has 0 bridgehead atoms. The van der Waals surface area contributed by atoms with Gasteiger partial charge in [0, 0.05) is 12.7 Å². The molecule has 1 saturated carbocycles. The van der Waals surface area contributed by atoms with Gasteiger partial charge in [0.15, 0.2) is 0 Å². The van der Waals surface area contributed by atoms with E-state index in [0.29, 0.717) is 5.92 Å². The average molecular weight is 222 g/mol. The number of hydrogen-bond acceptors (Lipinski definition) is 2. The van der Waals surface area contributed by atoms with Crippen molar-refractivity contribution in [1.29, 1.82) is 0 Å². The first-order valence-electron chi connectivity index (χ1n) is 6.38. The number of hydrogen-bond donors (Lipinski definition) is 1. The normalized spacial score (nSPS) is 20.4. The van der Waals surface area contributed by atoms with Crippen LogP contribution in [0.25, 0.3) is 0 Å². The number of aromatic nitrogens is 2. The first-order valence-corrected chi connectivity index (χ1v) is 6.38. The van der Waals surface area contributed by atoms with E-state index in [1.807, 2.05) is 17.7 Å². The van der Waals surface area contributed by atoms with Crippen molar-refractivity contribution in [2.45, 2.75) is 58.1 Å². The fourth-order valence-electron chi connectivity index (χ4n) is 2.54. The Labute approximate surface area is 97.5 Å². The highest BCUT2D eigenvalue weighted by molar-refractivity contribution is 5.11. The largest absolute Gasteiger partial charge is 0.384 e. The second-order valence-electron chi connectivity index (χ2n) is 5.21. The Morgan fingerprint density at radius 3 is 2.88 bits per heavy atom. The lowest BCUT2D eigenvalue weighted by Crippen LogP contribution is -2.30. The molecule has 0 aliphatic heterocycles. The van der Waals surface area contributed by atoms with Crippen molar-refractivity contribution in [2.24, 2.45) is 5.92 Å². The zero-order valence-corrected chi connectivity index (χ0v) is 10.3. The minimum absolute atomic E-state index is 0.708. The van der Waals surface area contributed by atoms with Gasteiger partial charge in [-0.3, -0.25) is 4.68 Å². The van der Waals surface area contributed by atoms with Crippen molar-refractivity contribution in [3.05, 3.63) is 18.0 Å². The van der Waals surface area contributed by atoms with E-state index in [4.69, 9.17) is 0 Å². The van der Waals surface area contributed by atoms with E-state index < -0.39 is 5.60 Å². The number of nitrogens with zero attached hydrogens (tertiary/aromatic N) is 2. The lowest BCUT2D eigenvalue weighted by atomic mass is 9.77. The molecule has 0 saturated heterocycles. The molecule has 1 N–H and O–H groups in total. The summed E-state index contributed by atoms with van der Waals surface area (Å²) in [5.74, 6) is 0.708. The van der Waals surface area contributed by atoms with Crippen LogP contribution in [0, 0.1) is 5.92 Å². The Balaban J connectivity index is 2.09. The van der Waals surface area contributed by atoms with Gasteiger partial charge in [-0.25, -0.2) is 0 Å². The molecule has 90 valence electrons. The predicted octanol–water partition coefficient (Wildman–Crippen LogP) is 2.69. The lowest BCUT2D eigenvalue weighted by Gasteiger charge is -2.33. The molecular weight excluding hydrogens is 200 g/mol. The molecule has 0 aromatic carbocycles. The third-order valence-corrected chi connectivity index (χ3v) is 3.61. The first kappa shape index (κ1) is 11.6. The summed E-state index contributed by atoms with van der Waals surface area (Å²) in [4.78, 5) is 0. The molecular formula is C13H22N2O. The summed E-state index contributed by atoms with van der Waals surface area (Å²) in [7, 11) is 0. The van der Waals surface area contributed by atoms with Crippen LogP contribution < -0.4 is 0 Å². The molecule has 1 atom stereocenters. The fourth-order valence-corrected chi connectivity index (χ4v) is 2.54. The SMILES string of the molecule is CCCn1nccc1C(C)(O)CC1CCC1. The second kappa shape index (κ2) is 4.58. The maximum absolute atomic E-state index is 10.6. The highest BCUT2D eigenvalue weighted by Crippen LogP contribution is 2.37. The van der Waals surface area contributed by atoms with E-state index in [-0.39, 0.29) is 0 Å². The number of rotatable bonds is 5. The Kier molecular flexibility index (Phi) is 3.33. The molecule has 0 radical (unpaired) electrons. The van der Waals surface area contributed by atoms with E-state index in [1.54, 1.807) is 6.20 Å². The minimum atomic E-state index is -0.712. The van der Waals surface area contributed by atoms with Gasteiger partial charge in [-0.1, -0.05) is 26.2 Å². The summed E-state index contributed by atoms with van der Waals surface area (Å²) >= 11 is 0. The van der Waals surface area contributed by atoms with Crippen LogP contribution in [0.3, 0.4) is 0 Å². The van der Waals surface area contributed by atoms with Crippen LogP contribution in [0.2, 0.25) is 0 Å². The van der Waals surface area contributed by atoms with Crippen LogP contribution in [0.5, 0.6) is 0 Å². The van der Waals surface area contributed by atoms with E-state index in [2.05, 4.69) is 12.0 Å². The maximum atomic E-state index is 10.6. The molecule has 3 nitrogen and oxygen atoms in total. The van der Waals surface area contributed by atoms with Crippen molar-refractivity contribution in [3.63, 3.8) is 0 Å². The van der Waals surface area contributed by atoms with E-state index >= 15 is 0 Å². The molecule has 1 aliphatic carbocycles. The standard InChI is InChI=1S/C13H22N2O/c1-3-9-15-12(7-8-14-15)13(2,16)10-11-5-4-6-11/h7-8,11,16H,3-6,9-10H2,1-2H3. The first-order chi connectivity index (χ1) is 7.63. The van der Waals surface area contributed by atoms with Crippen molar-refractivity contribution in [3.8, 4) is 0 Å². The van der Waals surface area contributed by atoms with Crippen molar-refractivity contribution in [1.82, 2.24) is 9.78 Å². The molecule has 0 amide bonds. The van der Waals surface area contributed by atoms with Crippen LogP contribution in [0.4, 0.5) is 0 Å². The van der Waals surface area contributed by atoms with Crippen molar-refractivity contribution >= 4 is 0 Å². The molecule has 1 unspecified atom stereocenters. The van der Waals surface area contributed by atoms with E-state index in [1.165, 1.54) is 19.3 Å². The smallest absolute Gasteiger partial charge is 0.104 e. The predicted molar refractivity (Wildman–Crippen MR) is 64.0 cm³/mol. The molecule has 1 aliphatic rings. The quantitative estimate of drug-likeness (QED) is 0.831. The van der Waals surface area contributed by atoms with Crippen LogP contribution >= 0.6 is 0 Å². The van der Waals surface area contributed by atoms with Gasteiger partial charge < -0.3 is 5.11 Å². The Bertz CT molecular complexity index is 339. The fraction of sp³-hybridized carbons (Fsp3) is 0.769. The number of aryl methyl sites for hydroxylation is 1. The molecule has 0 spiro atoms. The zero-order chi connectivity index (χ0) is 11.6. The highest BCUT2D eigenvalue weighted by atomic mass is 16.3. The molecule has 1 aromatic heterocycles. The van der Waals surface area contributed by atoms with E-state index in [9.17, 15) is 5.11 Å². The van der Waals surface area contributed by atoms with Gasteiger partial charge in [0.2, 0.25) is 0 Å². The second-order valence-corrected chi connectivity index (χ2v) is 5.21. The summed E-state index contributed by atoms with van der Waals surface area (Å²) in [5, 5.41) is 14.8. The summed E-state index contributed by atoms with van der Waals surface area (Å²) in [5.41, 5.74) is 0.262. The third kappa shape index (κ3) is 2.29. The number of aliphatic hydroxyl groups is 1. The Hall–Kier alpha value is -0.830. The van der Waals surface area contributed by atoms with Gasteiger partial charge in [0.25, 0.3) is 0 Å². The minimum Gasteiger partial charge on any atom is -0.384 e. The molecule has 1 heterocycles. The summed E-state index contributed by atoms with van der Waals surface area (Å²) in [6.45, 7) is 4.95. The molecule has 1 fully saturated rings.